The molecule has 0 spiro atoms. The maximum Gasteiger partial charge on any atom is 0.303 e. The Balaban J connectivity index is 2.25. The molecule has 13 nitrogen and oxygen atoms in total. The van der Waals surface area contributed by atoms with E-state index in [9.17, 15) is 24.5 Å². The van der Waals surface area contributed by atoms with E-state index in [2.05, 4.69) is 9.97 Å². The van der Waals surface area contributed by atoms with Gasteiger partial charge in [-0.05, 0) is 13.2 Å². The number of fused-ring (bicyclic) bond motifs is 1. The summed E-state index contributed by atoms with van der Waals surface area (Å²) in [6.45, 7) is 4.58. The Hall–Kier alpha value is -2.97. The van der Waals surface area contributed by atoms with E-state index in [1.807, 2.05) is 0 Å². The third-order valence-corrected chi connectivity index (χ3v) is 5.84. The third kappa shape index (κ3) is 4.79. The van der Waals surface area contributed by atoms with Gasteiger partial charge in [0.15, 0.2) is 28.7 Å². The molecule has 0 N–H and O–H groups in total. The molecule has 2 aromatic rings. The van der Waals surface area contributed by atoms with Crippen LogP contribution in [0.1, 0.15) is 33.9 Å². The van der Waals surface area contributed by atoms with E-state index >= 15 is 0 Å². The van der Waals surface area contributed by atoms with Gasteiger partial charge in [0, 0.05) is 20.8 Å². The maximum atomic E-state index is 12.0. The Labute approximate surface area is 202 Å². The Morgan fingerprint density at radius 3 is 2.47 bits per heavy atom. The van der Waals surface area contributed by atoms with E-state index in [-0.39, 0.29) is 27.9 Å². The van der Waals surface area contributed by atoms with Crippen LogP contribution in [-0.2, 0) is 33.3 Å². The van der Waals surface area contributed by atoms with Crippen molar-refractivity contribution >= 4 is 58.0 Å². The van der Waals surface area contributed by atoms with Crippen molar-refractivity contribution in [3.05, 3.63) is 21.5 Å². The van der Waals surface area contributed by atoms with E-state index in [1.165, 1.54) is 18.4 Å². The van der Waals surface area contributed by atoms with E-state index < -0.39 is 52.6 Å². The first-order valence-corrected chi connectivity index (χ1v) is 11.4. The Bertz CT molecular complexity index is 1170. The largest absolute Gasteiger partial charge is 0.463 e. The Kier molecular flexibility index (Phi) is 7.33. The van der Waals surface area contributed by atoms with Crippen molar-refractivity contribution in [1.82, 2.24) is 14.5 Å². The lowest BCUT2D eigenvalue weighted by Gasteiger charge is -2.34. The zero-order chi connectivity index (χ0) is 25.4. The van der Waals surface area contributed by atoms with Crippen molar-refractivity contribution in [2.75, 3.05) is 12.9 Å². The van der Waals surface area contributed by atoms with Gasteiger partial charge in [0.25, 0.3) is 5.69 Å². The zero-order valence-electron chi connectivity index (χ0n) is 18.8. The van der Waals surface area contributed by atoms with Crippen molar-refractivity contribution in [2.24, 2.45) is 0 Å². The van der Waals surface area contributed by atoms with Gasteiger partial charge in [-0.15, -0.1) is 0 Å². The van der Waals surface area contributed by atoms with Crippen LogP contribution >= 0.6 is 23.4 Å². The van der Waals surface area contributed by atoms with Crippen LogP contribution in [0, 0.1) is 10.1 Å². The zero-order valence-corrected chi connectivity index (χ0v) is 20.3. The maximum absolute atomic E-state index is 12.0. The van der Waals surface area contributed by atoms with E-state index in [4.69, 9.17) is 30.5 Å². The fourth-order valence-electron chi connectivity index (χ4n) is 3.82. The van der Waals surface area contributed by atoms with Crippen molar-refractivity contribution < 1.29 is 38.3 Å². The van der Waals surface area contributed by atoms with Crippen LogP contribution in [0.25, 0.3) is 11.0 Å². The van der Waals surface area contributed by atoms with Gasteiger partial charge in [0.05, 0.1) is 11.1 Å². The van der Waals surface area contributed by atoms with Gasteiger partial charge in [-0.1, -0.05) is 23.4 Å². The van der Waals surface area contributed by atoms with Gasteiger partial charge in [-0.3, -0.25) is 29.1 Å². The topological polar surface area (TPSA) is 162 Å². The molecule has 4 atom stereocenters. The van der Waals surface area contributed by atoms with Gasteiger partial charge in [0.1, 0.15) is 23.3 Å². The molecule has 184 valence electrons. The van der Waals surface area contributed by atoms with Gasteiger partial charge in [0.2, 0.25) is 0 Å². The van der Waals surface area contributed by atoms with Crippen LogP contribution in [0.5, 0.6) is 0 Å². The monoisotopic (exact) mass is 516 g/mol. The summed E-state index contributed by atoms with van der Waals surface area (Å²) in [4.78, 5) is 54.8. The van der Waals surface area contributed by atoms with Crippen molar-refractivity contribution in [1.29, 1.82) is 0 Å². The SMILES string of the molecule is CSc1nc(Cl)c2c([N+](=O)[O-])cn(C3O[C@H](COC(C)=O)[C@@H](OC(C)=O)C3(C)OC(C)=O)c2n1. The summed E-state index contributed by atoms with van der Waals surface area (Å²) in [6.07, 6.45) is -0.762. The summed E-state index contributed by atoms with van der Waals surface area (Å²) in [5.41, 5.74) is -2.07. The van der Waals surface area contributed by atoms with Crippen LogP contribution in [0.4, 0.5) is 5.69 Å². The van der Waals surface area contributed by atoms with Gasteiger partial charge in [-0.2, -0.15) is 0 Å². The molecule has 15 heteroatoms. The minimum absolute atomic E-state index is 0.0362. The lowest BCUT2D eigenvalue weighted by molar-refractivity contribution is -0.383. The Morgan fingerprint density at radius 2 is 1.94 bits per heavy atom. The number of hydrogen-bond donors (Lipinski definition) is 0. The molecule has 1 aliphatic heterocycles. The molecule has 2 unspecified atom stereocenters. The first-order chi connectivity index (χ1) is 15.9. The quantitative estimate of drug-likeness (QED) is 0.101. The Morgan fingerprint density at radius 1 is 1.26 bits per heavy atom. The lowest BCUT2D eigenvalue weighted by Crippen LogP contribution is -2.50. The molecule has 1 aliphatic rings. The van der Waals surface area contributed by atoms with Gasteiger partial charge in [-0.25, -0.2) is 9.97 Å². The number of hydrogen-bond acceptors (Lipinski definition) is 12. The highest BCUT2D eigenvalue weighted by Gasteiger charge is 2.60. The van der Waals surface area contributed by atoms with Gasteiger partial charge < -0.3 is 18.9 Å². The number of esters is 3. The first kappa shape index (κ1) is 25.6. The first-order valence-electron chi connectivity index (χ1n) is 9.81. The molecule has 0 amide bonds. The summed E-state index contributed by atoms with van der Waals surface area (Å²) >= 11 is 7.40. The number of thioether (sulfide) groups is 1. The summed E-state index contributed by atoms with van der Waals surface area (Å²) in [6, 6.07) is 0. The van der Waals surface area contributed by atoms with Crippen LogP contribution in [0.3, 0.4) is 0 Å². The fourth-order valence-corrected chi connectivity index (χ4v) is 4.49. The van der Waals surface area contributed by atoms with Crippen LogP contribution in [0.15, 0.2) is 11.4 Å². The molecule has 1 saturated heterocycles. The number of carbonyl (C=O) groups excluding carboxylic acids is 3. The standard InChI is InChI=1S/C19H21ClN4O9S/c1-8(25)30-7-12-14(31-9(2)26)19(4,33-10(3)27)17(32-12)23-6-11(24(28)29)13-15(20)21-18(34-5)22-16(13)23/h6,12,14,17H,7H2,1-5H3/t12-,14-,17?,19?/m1/s1. The normalized spacial score (nSPS) is 24.1. The number of ether oxygens (including phenoxy) is 4. The minimum Gasteiger partial charge on any atom is -0.463 e. The average Bonchev–Trinajstić information content (AvgIpc) is 3.22. The second-order valence-corrected chi connectivity index (χ2v) is 8.65. The smallest absolute Gasteiger partial charge is 0.303 e. The second kappa shape index (κ2) is 9.72. The van der Waals surface area contributed by atoms with Crippen molar-refractivity contribution in [3.63, 3.8) is 0 Å². The predicted octanol–water partition coefficient (Wildman–Crippen LogP) is 2.43. The number of nitrogens with zero attached hydrogens (tertiary/aromatic N) is 4. The third-order valence-electron chi connectivity index (χ3n) is 5.02. The number of nitro groups is 1. The van der Waals surface area contributed by atoms with Crippen LogP contribution < -0.4 is 0 Å². The molecule has 2 aromatic heterocycles. The van der Waals surface area contributed by atoms with E-state index in [0.717, 1.165) is 31.8 Å². The predicted molar refractivity (Wildman–Crippen MR) is 117 cm³/mol. The number of aromatic nitrogens is 3. The summed E-state index contributed by atoms with van der Waals surface area (Å²) in [7, 11) is 0. The minimum atomic E-state index is -1.70. The highest BCUT2D eigenvalue weighted by atomic mass is 35.5. The average molecular weight is 517 g/mol. The number of rotatable bonds is 7. The molecule has 0 saturated carbocycles. The molecule has 3 rings (SSSR count). The highest BCUT2D eigenvalue weighted by Crippen LogP contribution is 2.46. The summed E-state index contributed by atoms with van der Waals surface area (Å²) < 4.78 is 23.3. The molecular weight excluding hydrogens is 496 g/mol. The summed E-state index contributed by atoms with van der Waals surface area (Å²) in [5, 5.41) is 11.8. The molecule has 34 heavy (non-hydrogen) atoms. The number of carbonyl (C=O) groups is 3. The van der Waals surface area contributed by atoms with Gasteiger partial charge >= 0.3 is 17.9 Å². The molecule has 1 fully saturated rings. The number of halogens is 1. The van der Waals surface area contributed by atoms with Crippen molar-refractivity contribution in [2.45, 2.75) is 56.9 Å². The molecule has 0 radical (unpaired) electrons. The van der Waals surface area contributed by atoms with Crippen LogP contribution in [-0.4, -0.2) is 68.0 Å². The van der Waals surface area contributed by atoms with E-state index in [0.29, 0.717) is 0 Å². The fraction of sp³-hybridized carbons (Fsp3) is 0.526. The lowest BCUT2D eigenvalue weighted by atomic mass is 9.95. The highest BCUT2D eigenvalue weighted by molar-refractivity contribution is 7.98. The molecule has 0 aliphatic carbocycles. The molecule has 0 bridgehead atoms. The summed E-state index contributed by atoms with van der Waals surface area (Å²) in [5.74, 6) is -2.06. The molecule has 3 heterocycles. The second-order valence-electron chi connectivity index (χ2n) is 7.52. The van der Waals surface area contributed by atoms with Crippen LogP contribution in [0.2, 0.25) is 5.15 Å². The van der Waals surface area contributed by atoms with E-state index in [1.54, 1.807) is 6.26 Å². The molecule has 0 aromatic carbocycles. The molecular formula is C19H21ClN4O9S. The van der Waals surface area contributed by atoms with Crippen molar-refractivity contribution in [3.8, 4) is 0 Å².